The molecule has 302 valence electrons. The lowest BCUT2D eigenvalue weighted by Gasteiger charge is -2.02. The van der Waals surface area contributed by atoms with Crippen LogP contribution < -0.4 is 0 Å². The van der Waals surface area contributed by atoms with Gasteiger partial charge in [-0.25, -0.2) is 29.9 Å². The molecule has 6 heterocycles. The number of carbonyl (C=O) groups excluding carboxylic acids is 3. The van der Waals surface area contributed by atoms with Gasteiger partial charge in [0.05, 0.1) is 27.2 Å². The SMILES string of the molecule is CC#N.CC(=O)OC(C)=O.CCCCSc1nc(Cl)nc2c1ncn2C(C)=O.CCCCSc1nc(Cl)nc2nc[nH]c12.Clc1nc(Cl)c2[nH]cnc2n1.[2H]CF. The van der Waals surface area contributed by atoms with Gasteiger partial charge < -0.3 is 14.7 Å². The van der Waals surface area contributed by atoms with E-state index in [0.29, 0.717) is 28.0 Å². The molecule has 0 saturated heterocycles. The fourth-order valence-electron chi connectivity index (χ4n) is 3.67. The molecular formula is C32H38Cl4FN13O4S2. The minimum absolute atomic E-state index is 0.106. The van der Waals surface area contributed by atoms with Crippen molar-refractivity contribution in [3.05, 3.63) is 40.0 Å². The largest absolute Gasteiger partial charge is 0.394 e. The zero-order chi connectivity index (χ0) is 42.9. The number of unbranched alkanes of at least 4 members (excludes halogenated alkanes) is 2. The summed E-state index contributed by atoms with van der Waals surface area (Å²) in [5, 5.41) is 9.74. The molecule has 0 aliphatic heterocycles. The minimum Gasteiger partial charge on any atom is -0.394 e. The first-order valence-corrected chi connectivity index (χ1v) is 19.6. The number of aromatic nitrogens is 12. The number of hydrogen-bond acceptors (Lipinski definition) is 16. The monoisotopic (exact) mass is 892 g/mol. The van der Waals surface area contributed by atoms with E-state index in [-0.39, 0.29) is 26.9 Å². The van der Waals surface area contributed by atoms with Crippen LogP contribution in [0.1, 0.15) is 73.4 Å². The smallest absolute Gasteiger partial charge is 0.310 e. The molecule has 0 saturated carbocycles. The van der Waals surface area contributed by atoms with Gasteiger partial charge in [0.2, 0.25) is 21.8 Å². The van der Waals surface area contributed by atoms with E-state index in [1.54, 1.807) is 35.9 Å². The van der Waals surface area contributed by atoms with Crippen molar-refractivity contribution in [3.63, 3.8) is 0 Å². The van der Waals surface area contributed by atoms with Crippen LogP contribution >= 0.6 is 69.9 Å². The first kappa shape index (κ1) is 47.9. The lowest BCUT2D eigenvalue weighted by atomic mass is 10.4. The maximum Gasteiger partial charge on any atom is 0.310 e. The van der Waals surface area contributed by atoms with Crippen molar-refractivity contribution in [2.45, 2.75) is 77.3 Å². The molecular weight excluding hydrogens is 855 g/mol. The molecule has 0 aliphatic carbocycles. The Morgan fingerprint density at radius 2 is 1.29 bits per heavy atom. The Morgan fingerprint density at radius 1 is 0.821 bits per heavy atom. The molecule has 0 fully saturated rings. The van der Waals surface area contributed by atoms with Crippen molar-refractivity contribution in [2.24, 2.45) is 0 Å². The van der Waals surface area contributed by atoms with E-state index in [1.165, 1.54) is 57.8 Å². The number of halogens is 5. The van der Waals surface area contributed by atoms with Crippen molar-refractivity contribution in [3.8, 4) is 6.07 Å². The maximum atomic E-state index is 11.4. The summed E-state index contributed by atoms with van der Waals surface area (Å²) in [6.45, 7) is 9.55. The number of fused-ring (bicyclic) bond motifs is 3. The highest BCUT2D eigenvalue weighted by molar-refractivity contribution is 7.99. The van der Waals surface area contributed by atoms with Gasteiger partial charge in [-0.05, 0) is 59.2 Å². The van der Waals surface area contributed by atoms with Gasteiger partial charge in [0.15, 0.2) is 22.1 Å². The molecule has 0 unspecified atom stereocenters. The molecule has 0 spiro atoms. The molecule has 24 heteroatoms. The predicted molar refractivity (Wildman–Crippen MR) is 217 cm³/mol. The Morgan fingerprint density at radius 3 is 1.79 bits per heavy atom. The summed E-state index contributed by atoms with van der Waals surface area (Å²) in [5.74, 6) is 0.723. The van der Waals surface area contributed by atoms with Gasteiger partial charge in [-0.3, -0.25) is 23.3 Å². The number of carbonyl (C=O) groups is 3. The second kappa shape index (κ2) is 27.4. The summed E-state index contributed by atoms with van der Waals surface area (Å²) in [6.07, 6.45) is 9.13. The van der Waals surface area contributed by atoms with Gasteiger partial charge in [-0.2, -0.15) is 20.2 Å². The number of hydrogen-bond donors (Lipinski definition) is 2. The fraction of sp³-hybridized carbons (Fsp3) is 0.406. The van der Waals surface area contributed by atoms with Crippen LogP contribution in [0, 0.1) is 11.3 Å². The third-order valence-corrected chi connectivity index (χ3v) is 8.77. The molecule has 17 nitrogen and oxygen atoms in total. The highest BCUT2D eigenvalue weighted by Gasteiger charge is 2.15. The van der Waals surface area contributed by atoms with Crippen molar-refractivity contribution in [1.29, 1.82) is 5.26 Å². The summed E-state index contributed by atoms with van der Waals surface area (Å²) in [4.78, 5) is 73.0. The van der Waals surface area contributed by atoms with Crippen molar-refractivity contribution in [2.75, 3.05) is 18.7 Å². The van der Waals surface area contributed by atoms with E-state index in [0.717, 1.165) is 39.9 Å². The van der Waals surface area contributed by atoms with Gasteiger partial charge in [0.1, 0.15) is 32.9 Å². The van der Waals surface area contributed by atoms with Crippen LogP contribution in [0.3, 0.4) is 0 Å². The predicted octanol–water partition coefficient (Wildman–Crippen LogP) is 8.80. The van der Waals surface area contributed by atoms with Gasteiger partial charge in [-0.15, -0.1) is 23.5 Å². The average Bonchev–Trinajstić information content (AvgIpc) is 3.90. The van der Waals surface area contributed by atoms with Gasteiger partial charge in [0.25, 0.3) is 0 Å². The van der Waals surface area contributed by atoms with Crippen molar-refractivity contribution in [1.82, 2.24) is 59.4 Å². The third-order valence-electron chi connectivity index (χ3n) is 5.88. The minimum atomic E-state index is -1.00. The number of rotatable bonds is 8. The van der Waals surface area contributed by atoms with Crippen LogP contribution in [0.25, 0.3) is 33.5 Å². The van der Waals surface area contributed by atoms with E-state index < -0.39 is 19.1 Å². The Bertz CT molecular complexity index is 2210. The molecule has 0 amide bonds. The molecule has 0 bridgehead atoms. The lowest BCUT2D eigenvalue weighted by Crippen LogP contribution is -2.05. The Balaban J connectivity index is 0.000000377. The van der Waals surface area contributed by atoms with Crippen LogP contribution in [-0.4, -0.2) is 95.9 Å². The molecule has 0 aromatic carbocycles. The summed E-state index contributed by atoms with van der Waals surface area (Å²) >= 11 is 26.2. The van der Waals surface area contributed by atoms with E-state index in [9.17, 15) is 18.8 Å². The Kier molecular flexibility index (Phi) is 23.4. The lowest BCUT2D eigenvalue weighted by molar-refractivity contribution is -0.156. The zero-order valence-electron chi connectivity index (χ0n) is 31.9. The topological polar surface area (TPSA) is 237 Å². The molecule has 0 atom stereocenters. The number of nitrogens with one attached hydrogen (secondary N) is 2. The fourth-order valence-corrected chi connectivity index (χ4v) is 6.65. The Labute approximate surface area is 351 Å². The molecule has 56 heavy (non-hydrogen) atoms. The van der Waals surface area contributed by atoms with E-state index >= 15 is 0 Å². The molecule has 0 aliphatic rings. The third kappa shape index (κ3) is 17.3. The van der Waals surface area contributed by atoms with Crippen LogP contribution in [0.5, 0.6) is 0 Å². The summed E-state index contributed by atoms with van der Waals surface area (Å²) in [7, 11) is -1.00. The van der Waals surface area contributed by atoms with Gasteiger partial charge in [0, 0.05) is 27.7 Å². The number of aromatic amines is 2. The highest BCUT2D eigenvalue weighted by Crippen LogP contribution is 2.27. The highest BCUT2D eigenvalue weighted by atomic mass is 35.5. The average molecular weight is 895 g/mol. The van der Waals surface area contributed by atoms with Crippen LogP contribution in [0.15, 0.2) is 29.0 Å². The second-order valence-corrected chi connectivity index (χ2v) is 13.6. The number of H-pyrrole nitrogens is 2. The first-order valence-electron chi connectivity index (χ1n) is 16.8. The van der Waals surface area contributed by atoms with E-state index in [1.807, 2.05) is 0 Å². The van der Waals surface area contributed by atoms with E-state index in [4.69, 9.17) is 53.0 Å². The quantitative estimate of drug-likeness (QED) is 0.0362. The number of imidazole rings is 3. The standard InChI is InChI=1S/C11H13ClN4OS.C9H11ClN4S.C5H2Cl2N4.C4H6O3.C2H3N.CH3F/c1-3-4-5-18-10-8-9(14-11(12)15-10)16(6-13-8)7(2)17;1-2-3-4-15-8-6-7(12-5-11-6)13-9(10)14-8;6-3-2-4(9-1-8-2)11-5(7)10-3;1-3(5)7-4(2)6;1-2-3;1-2/h6H,3-5H2,1-2H3;5H,2-4H2,1H3,(H,11,12,13,14);1H,(H,8,9,10,11);1-2H3;1H3;1H3/i;;;;;1D. The number of ether oxygens (including phenoxy) is 1. The summed E-state index contributed by atoms with van der Waals surface area (Å²) in [5.41, 5.74) is 3.71. The van der Waals surface area contributed by atoms with Gasteiger partial charge in [-0.1, -0.05) is 38.3 Å². The number of nitriles is 1. The molecule has 6 aromatic heterocycles. The maximum absolute atomic E-state index is 11.4. The number of esters is 2. The zero-order valence-corrected chi connectivity index (χ0v) is 35.6. The molecule has 0 radical (unpaired) electrons. The van der Waals surface area contributed by atoms with E-state index in [2.05, 4.69) is 73.4 Å². The number of nitrogens with zero attached hydrogens (tertiary/aromatic N) is 11. The molecule has 6 rings (SSSR count). The second-order valence-electron chi connectivity index (χ2n) is 10.1. The van der Waals surface area contributed by atoms with Crippen molar-refractivity contribution < 1.29 is 24.9 Å². The summed E-state index contributed by atoms with van der Waals surface area (Å²) < 4.78 is 20.9. The van der Waals surface area contributed by atoms with Crippen LogP contribution in [0.4, 0.5) is 4.39 Å². The van der Waals surface area contributed by atoms with Crippen LogP contribution in [0.2, 0.25) is 21.0 Å². The van der Waals surface area contributed by atoms with Crippen molar-refractivity contribution >= 4 is 121 Å². The Hall–Kier alpha value is -4.26. The normalized spacial score (nSPS) is 10.1. The number of thioether (sulfide) groups is 2. The number of alkyl halides is 1. The molecule has 2 N–H and O–H groups in total. The summed E-state index contributed by atoms with van der Waals surface area (Å²) in [6, 6.07) is 1.75. The molecule has 6 aromatic rings. The van der Waals surface area contributed by atoms with Crippen LogP contribution in [-0.2, 0) is 14.3 Å². The first-order chi connectivity index (χ1) is 27.2. The van der Waals surface area contributed by atoms with Gasteiger partial charge >= 0.3 is 11.9 Å².